The normalized spacial score (nSPS) is 9.40. The first-order valence-corrected chi connectivity index (χ1v) is 4.26. The van der Waals surface area contributed by atoms with Crippen LogP contribution in [0.25, 0.3) is 6.08 Å². The van der Waals surface area contributed by atoms with Crippen molar-refractivity contribution < 1.29 is 0 Å². The second-order valence-electron chi connectivity index (χ2n) is 1.75. The van der Waals surface area contributed by atoms with Gasteiger partial charge in [-0.2, -0.15) is 0 Å². The van der Waals surface area contributed by atoms with Crippen LogP contribution in [0.4, 0.5) is 0 Å². The Hall–Kier alpha value is -0.150. The van der Waals surface area contributed by atoms with Gasteiger partial charge < -0.3 is 0 Å². The predicted molar refractivity (Wildman–Crippen MR) is 49.7 cm³/mol. The van der Waals surface area contributed by atoms with Crippen LogP contribution < -0.4 is 0 Å². The van der Waals surface area contributed by atoms with Gasteiger partial charge in [0, 0.05) is 0 Å². The third-order valence-corrected chi connectivity index (χ3v) is 1.83. The molecular formula is C7H5Br2N. The van der Waals surface area contributed by atoms with E-state index < -0.39 is 0 Å². The van der Waals surface area contributed by atoms with Crippen LogP contribution in [-0.2, 0) is 0 Å². The van der Waals surface area contributed by atoms with Gasteiger partial charge >= 0.3 is 0 Å². The maximum absolute atomic E-state index is 4.07. The van der Waals surface area contributed by atoms with Crippen LogP contribution in [0.3, 0.4) is 0 Å². The molecule has 0 unspecified atom stereocenters. The van der Waals surface area contributed by atoms with Gasteiger partial charge in [-0.1, -0.05) is 12.7 Å². The minimum atomic E-state index is 0.816. The molecule has 1 rings (SSSR count). The minimum Gasteiger partial charge on any atom is -0.234 e. The summed E-state index contributed by atoms with van der Waals surface area (Å²) >= 11 is 6.53. The summed E-state index contributed by atoms with van der Waals surface area (Å²) in [5.74, 6) is 0. The van der Waals surface area contributed by atoms with Crippen molar-refractivity contribution >= 4 is 37.9 Å². The smallest absolute Gasteiger partial charge is 0.108 e. The molecule has 0 fully saturated rings. The average Bonchev–Trinajstić information content (AvgIpc) is 1.85. The van der Waals surface area contributed by atoms with Crippen molar-refractivity contribution in [2.24, 2.45) is 0 Å². The minimum absolute atomic E-state index is 0.816. The Balaban J connectivity index is 3.18. The SMILES string of the molecule is C=Cc1cc(Br)nc(Br)c1. The summed E-state index contributed by atoms with van der Waals surface area (Å²) in [7, 11) is 0. The second kappa shape index (κ2) is 3.30. The summed E-state index contributed by atoms with van der Waals surface area (Å²) in [6.07, 6.45) is 1.78. The van der Waals surface area contributed by atoms with E-state index >= 15 is 0 Å². The van der Waals surface area contributed by atoms with E-state index in [0.717, 1.165) is 14.8 Å². The van der Waals surface area contributed by atoms with Crippen LogP contribution in [0.2, 0.25) is 0 Å². The molecular weight excluding hydrogens is 258 g/mol. The van der Waals surface area contributed by atoms with Crippen molar-refractivity contribution in [1.82, 2.24) is 4.98 Å². The molecule has 0 saturated carbocycles. The third-order valence-electron chi connectivity index (χ3n) is 1.02. The van der Waals surface area contributed by atoms with Crippen molar-refractivity contribution in [2.45, 2.75) is 0 Å². The maximum atomic E-state index is 4.07. The van der Waals surface area contributed by atoms with Crippen molar-refractivity contribution in [3.8, 4) is 0 Å². The van der Waals surface area contributed by atoms with Gasteiger partial charge in [0.05, 0.1) is 0 Å². The fraction of sp³-hybridized carbons (Fsp3) is 0. The Morgan fingerprint density at radius 3 is 2.20 bits per heavy atom. The maximum Gasteiger partial charge on any atom is 0.108 e. The number of nitrogens with zero attached hydrogens (tertiary/aromatic N) is 1. The van der Waals surface area contributed by atoms with Gasteiger partial charge in [-0.15, -0.1) is 0 Å². The molecule has 0 aliphatic heterocycles. The highest BCUT2D eigenvalue weighted by molar-refractivity contribution is 9.11. The molecule has 0 spiro atoms. The highest BCUT2D eigenvalue weighted by Gasteiger charge is 1.93. The topological polar surface area (TPSA) is 12.9 Å². The fourth-order valence-corrected chi connectivity index (χ4v) is 1.75. The Labute approximate surface area is 76.4 Å². The second-order valence-corrected chi connectivity index (χ2v) is 3.38. The molecule has 0 N–H and O–H groups in total. The molecule has 1 nitrogen and oxygen atoms in total. The van der Waals surface area contributed by atoms with Gasteiger partial charge in [0.25, 0.3) is 0 Å². The summed E-state index contributed by atoms with van der Waals surface area (Å²) in [6.45, 7) is 3.64. The van der Waals surface area contributed by atoms with Gasteiger partial charge in [0.15, 0.2) is 0 Å². The molecule has 52 valence electrons. The van der Waals surface area contributed by atoms with E-state index in [1.54, 1.807) is 6.08 Å². The van der Waals surface area contributed by atoms with E-state index in [-0.39, 0.29) is 0 Å². The summed E-state index contributed by atoms with van der Waals surface area (Å²) in [5, 5.41) is 0. The molecule has 0 aliphatic carbocycles. The van der Waals surface area contributed by atoms with Crippen molar-refractivity contribution in [3.63, 3.8) is 0 Å². The third kappa shape index (κ3) is 1.92. The van der Waals surface area contributed by atoms with Gasteiger partial charge in [-0.25, -0.2) is 4.98 Å². The molecule has 0 amide bonds. The van der Waals surface area contributed by atoms with Crippen LogP contribution in [0.15, 0.2) is 27.9 Å². The van der Waals surface area contributed by atoms with E-state index in [9.17, 15) is 0 Å². The summed E-state index contributed by atoms with van der Waals surface area (Å²) in [6, 6.07) is 3.80. The van der Waals surface area contributed by atoms with E-state index in [2.05, 4.69) is 43.4 Å². The Kier molecular flexibility index (Phi) is 2.63. The molecule has 3 heteroatoms. The van der Waals surface area contributed by atoms with E-state index in [1.807, 2.05) is 12.1 Å². The Morgan fingerprint density at radius 1 is 1.30 bits per heavy atom. The Morgan fingerprint density at radius 2 is 1.80 bits per heavy atom. The number of hydrogen-bond acceptors (Lipinski definition) is 1. The molecule has 0 atom stereocenters. The zero-order chi connectivity index (χ0) is 7.56. The van der Waals surface area contributed by atoms with Gasteiger partial charge in [-0.05, 0) is 49.6 Å². The lowest BCUT2D eigenvalue weighted by molar-refractivity contribution is 1.22. The van der Waals surface area contributed by atoms with Gasteiger partial charge in [0.2, 0.25) is 0 Å². The molecule has 1 heterocycles. The number of rotatable bonds is 1. The number of hydrogen-bond donors (Lipinski definition) is 0. The highest BCUT2D eigenvalue weighted by atomic mass is 79.9. The summed E-state index contributed by atoms with van der Waals surface area (Å²) in [5.41, 5.74) is 1.05. The van der Waals surface area contributed by atoms with Crippen LogP contribution >= 0.6 is 31.9 Å². The molecule has 1 aromatic rings. The van der Waals surface area contributed by atoms with Gasteiger partial charge in [0.1, 0.15) is 9.21 Å². The fourth-order valence-electron chi connectivity index (χ4n) is 0.601. The molecule has 0 aliphatic rings. The molecule has 10 heavy (non-hydrogen) atoms. The van der Waals surface area contributed by atoms with Gasteiger partial charge in [-0.3, -0.25) is 0 Å². The van der Waals surface area contributed by atoms with Crippen molar-refractivity contribution in [2.75, 3.05) is 0 Å². The lowest BCUT2D eigenvalue weighted by Crippen LogP contribution is -1.78. The van der Waals surface area contributed by atoms with Crippen LogP contribution in [0, 0.1) is 0 Å². The molecule has 0 radical (unpaired) electrons. The first-order valence-electron chi connectivity index (χ1n) is 2.68. The largest absolute Gasteiger partial charge is 0.234 e. The predicted octanol–water partition coefficient (Wildman–Crippen LogP) is 3.25. The first kappa shape index (κ1) is 7.95. The van der Waals surface area contributed by atoms with Crippen LogP contribution in [-0.4, -0.2) is 4.98 Å². The van der Waals surface area contributed by atoms with E-state index in [1.165, 1.54) is 0 Å². The zero-order valence-corrected chi connectivity index (χ0v) is 8.31. The zero-order valence-electron chi connectivity index (χ0n) is 5.14. The molecule has 0 saturated heterocycles. The first-order chi connectivity index (χ1) is 4.72. The average molecular weight is 263 g/mol. The summed E-state index contributed by atoms with van der Waals surface area (Å²) in [4.78, 5) is 4.07. The number of aromatic nitrogens is 1. The van der Waals surface area contributed by atoms with Crippen molar-refractivity contribution in [3.05, 3.63) is 33.5 Å². The lowest BCUT2D eigenvalue weighted by Gasteiger charge is -1.94. The summed E-state index contributed by atoms with van der Waals surface area (Å²) < 4.78 is 1.63. The standard InChI is InChI=1S/C7H5Br2N/c1-2-5-3-6(8)10-7(9)4-5/h2-4H,1H2. The van der Waals surface area contributed by atoms with Crippen molar-refractivity contribution in [1.29, 1.82) is 0 Å². The molecule has 0 bridgehead atoms. The Bertz CT molecular complexity index is 238. The molecule has 0 aromatic carbocycles. The van der Waals surface area contributed by atoms with E-state index in [4.69, 9.17) is 0 Å². The lowest BCUT2D eigenvalue weighted by atomic mass is 10.3. The van der Waals surface area contributed by atoms with E-state index in [0.29, 0.717) is 0 Å². The number of halogens is 2. The molecule has 1 aromatic heterocycles. The quantitative estimate of drug-likeness (QED) is 0.708. The monoisotopic (exact) mass is 261 g/mol. The number of pyridine rings is 1. The van der Waals surface area contributed by atoms with Crippen LogP contribution in [0.1, 0.15) is 5.56 Å². The highest BCUT2D eigenvalue weighted by Crippen LogP contribution is 2.15. The van der Waals surface area contributed by atoms with Crippen LogP contribution in [0.5, 0.6) is 0 Å².